The Bertz CT molecular complexity index is 554. The molecule has 4 saturated carbocycles. The van der Waals surface area contributed by atoms with Crippen molar-refractivity contribution in [2.45, 2.75) is 58.8 Å². The summed E-state index contributed by atoms with van der Waals surface area (Å²) in [6, 6.07) is 0. The first-order valence-electron chi connectivity index (χ1n) is 10.6. The van der Waals surface area contributed by atoms with E-state index in [0.717, 1.165) is 45.1 Å². The second-order valence-corrected chi connectivity index (χ2v) is 9.86. The van der Waals surface area contributed by atoms with Gasteiger partial charge in [0.1, 0.15) is 0 Å². The van der Waals surface area contributed by atoms with Gasteiger partial charge in [-0.2, -0.15) is 0 Å². The fourth-order valence-electron chi connectivity index (χ4n) is 6.54. The maximum atomic E-state index is 13.5. The molecule has 0 aromatic heterocycles. The minimum absolute atomic E-state index is 0.228. The second-order valence-electron chi connectivity index (χ2n) is 9.86. The number of rotatable bonds is 5. The Morgan fingerprint density at radius 1 is 1.08 bits per heavy atom. The van der Waals surface area contributed by atoms with Crippen LogP contribution in [-0.2, 0) is 14.3 Å². The summed E-state index contributed by atoms with van der Waals surface area (Å²) < 4.78 is 5.43. The average Bonchev–Trinajstić information content (AvgIpc) is 2.60. The number of carbonyl (C=O) groups excluding carboxylic acids is 2. The summed E-state index contributed by atoms with van der Waals surface area (Å²) in [5, 5.41) is 3.22. The molecule has 5 rings (SSSR count). The Hall–Kier alpha value is -1.10. The number of hydrogen-bond donors (Lipinski definition) is 1. The summed E-state index contributed by atoms with van der Waals surface area (Å²) in [7, 11) is 0. The lowest BCUT2D eigenvalue weighted by molar-refractivity contribution is -0.176. The highest BCUT2D eigenvalue weighted by Gasteiger charge is 2.63. The van der Waals surface area contributed by atoms with Crippen molar-refractivity contribution in [1.29, 1.82) is 0 Å². The van der Waals surface area contributed by atoms with Gasteiger partial charge in [-0.1, -0.05) is 13.8 Å². The molecule has 1 saturated heterocycles. The smallest absolute Gasteiger partial charge is 0.229 e. The summed E-state index contributed by atoms with van der Waals surface area (Å²) >= 11 is 0. The van der Waals surface area contributed by atoms with Crippen LogP contribution in [0.3, 0.4) is 0 Å². The lowest BCUT2D eigenvalue weighted by Crippen LogP contribution is -2.62. The molecule has 0 aromatic rings. The molecule has 4 bridgehead atoms. The van der Waals surface area contributed by atoms with Crippen LogP contribution in [0.4, 0.5) is 0 Å². The lowest BCUT2D eigenvalue weighted by atomic mass is 9.43. The van der Waals surface area contributed by atoms with Crippen LogP contribution in [0.25, 0.3) is 0 Å². The number of hydrogen-bond acceptors (Lipinski definition) is 3. The molecule has 1 N–H and O–H groups in total. The van der Waals surface area contributed by atoms with E-state index >= 15 is 0 Å². The van der Waals surface area contributed by atoms with Crippen molar-refractivity contribution in [1.82, 2.24) is 10.2 Å². The van der Waals surface area contributed by atoms with Gasteiger partial charge in [0.05, 0.1) is 24.0 Å². The molecule has 2 unspecified atom stereocenters. The normalized spacial score (nSPS) is 38.7. The zero-order chi connectivity index (χ0) is 18.4. The summed E-state index contributed by atoms with van der Waals surface area (Å²) in [6.07, 6.45) is 7.01. The Labute approximate surface area is 157 Å². The third-order valence-electron chi connectivity index (χ3n) is 7.30. The van der Waals surface area contributed by atoms with Gasteiger partial charge in [-0.25, -0.2) is 0 Å². The van der Waals surface area contributed by atoms with Gasteiger partial charge in [-0.3, -0.25) is 9.59 Å². The van der Waals surface area contributed by atoms with Crippen molar-refractivity contribution in [3.05, 3.63) is 0 Å². The fourth-order valence-corrected chi connectivity index (χ4v) is 6.54. The van der Waals surface area contributed by atoms with E-state index in [1.165, 1.54) is 6.42 Å². The molecule has 0 spiro atoms. The molecule has 0 radical (unpaired) electrons. The number of amides is 2. The predicted molar refractivity (Wildman–Crippen MR) is 99.4 cm³/mol. The molecule has 1 aliphatic heterocycles. The second kappa shape index (κ2) is 6.81. The predicted octanol–water partition coefficient (Wildman–Crippen LogP) is 2.59. The van der Waals surface area contributed by atoms with E-state index in [4.69, 9.17) is 4.74 Å². The molecule has 1 heterocycles. The van der Waals surface area contributed by atoms with Crippen molar-refractivity contribution < 1.29 is 14.3 Å². The first-order chi connectivity index (χ1) is 12.4. The van der Waals surface area contributed by atoms with E-state index < -0.39 is 0 Å². The molecule has 0 aromatic carbocycles. The van der Waals surface area contributed by atoms with Gasteiger partial charge in [0.25, 0.3) is 0 Å². The van der Waals surface area contributed by atoms with Crippen molar-refractivity contribution in [3.8, 4) is 0 Å². The van der Waals surface area contributed by atoms with Gasteiger partial charge in [-0.15, -0.1) is 0 Å². The molecule has 4 aliphatic carbocycles. The van der Waals surface area contributed by atoms with Crippen LogP contribution in [0.15, 0.2) is 0 Å². The fraction of sp³-hybridized carbons (Fsp3) is 0.905. The van der Waals surface area contributed by atoms with Crippen molar-refractivity contribution in [2.75, 3.05) is 32.8 Å². The zero-order valence-corrected chi connectivity index (χ0v) is 16.4. The average molecular weight is 363 g/mol. The van der Waals surface area contributed by atoms with Gasteiger partial charge < -0.3 is 15.0 Å². The molecular formula is C21H34N2O3. The third kappa shape index (κ3) is 3.17. The number of carbonyl (C=O) groups is 2. The Morgan fingerprint density at radius 2 is 1.69 bits per heavy atom. The van der Waals surface area contributed by atoms with Crippen LogP contribution >= 0.6 is 0 Å². The molecule has 5 nitrogen and oxygen atoms in total. The number of ether oxygens (including phenoxy) is 1. The molecular weight excluding hydrogens is 328 g/mol. The molecule has 26 heavy (non-hydrogen) atoms. The number of nitrogens with zero attached hydrogens (tertiary/aromatic N) is 1. The van der Waals surface area contributed by atoms with Gasteiger partial charge in [-0.05, 0) is 62.7 Å². The van der Waals surface area contributed by atoms with E-state index in [2.05, 4.69) is 19.2 Å². The van der Waals surface area contributed by atoms with Crippen molar-refractivity contribution in [3.63, 3.8) is 0 Å². The van der Waals surface area contributed by atoms with Gasteiger partial charge >= 0.3 is 0 Å². The van der Waals surface area contributed by atoms with E-state index in [0.29, 0.717) is 50.0 Å². The standard InChI is InChI=1S/C21H34N2O3/c1-15(2)3-4-22-18(24)20-10-16-9-17(11-20)13-21(12-16,14-20)19(25)23-5-7-26-8-6-23/h15-17H,3-14H2,1-2H3,(H,22,24). The maximum Gasteiger partial charge on any atom is 0.229 e. The molecule has 2 atom stereocenters. The monoisotopic (exact) mass is 362 g/mol. The first kappa shape index (κ1) is 18.3. The minimum atomic E-state index is -0.289. The highest BCUT2D eigenvalue weighted by atomic mass is 16.5. The summed E-state index contributed by atoms with van der Waals surface area (Å²) in [4.78, 5) is 28.6. The van der Waals surface area contributed by atoms with Gasteiger partial charge in [0, 0.05) is 19.6 Å². The quantitative estimate of drug-likeness (QED) is 0.818. The number of nitrogens with one attached hydrogen (secondary N) is 1. The van der Waals surface area contributed by atoms with Crippen LogP contribution in [-0.4, -0.2) is 49.6 Å². The van der Waals surface area contributed by atoms with Crippen molar-refractivity contribution in [2.24, 2.45) is 28.6 Å². The molecule has 5 heteroatoms. The summed E-state index contributed by atoms with van der Waals surface area (Å²) in [5.74, 6) is 2.25. The number of morpholine rings is 1. The molecule has 5 fully saturated rings. The topological polar surface area (TPSA) is 58.6 Å². The molecule has 146 valence electrons. The highest BCUT2D eigenvalue weighted by Crippen LogP contribution is 2.65. The van der Waals surface area contributed by atoms with E-state index in [1.807, 2.05) is 4.90 Å². The first-order valence-corrected chi connectivity index (χ1v) is 10.6. The van der Waals surface area contributed by atoms with E-state index in [1.54, 1.807) is 0 Å². The Morgan fingerprint density at radius 3 is 2.31 bits per heavy atom. The SMILES string of the molecule is CC(C)CCNC(=O)C12CC3CC(C1)CC(C(=O)N1CCOCC1)(C3)C2. The zero-order valence-electron chi connectivity index (χ0n) is 16.4. The Kier molecular flexibility index (Phi) is 4.79. The van der Waals surface area contributed by atoms with Crippen LogP contribution in [0.1, 0.15) is 58.8 Å². The highest BCUT2D eigenvalue weighted by molar-refractivity contribution is 5.88. The summed E-state index contributed by atoms with van der Waals surface area (Å²) in [6.45, 7) is 7.86. The maximum absolute atomic E-state index is 13.5. The van der Waals surface area contributed by atoms with Gasteiger partial charge in [0.15, 0.2) is 0 Å². The minimum Gasteiger partial charge on any atom is -0.378 e. The van der Waals surface area contributed by atoms with Crippen LogP contribution in [0, 0.1) is 28.6 Å². The molecule has 2 amide bonds. The summed E-state index contributed by atoms with van der Waals surface area (Å²) in [5.41, 5.74) is -0.570. The van der Waals surface area contributed by atoms with Crippen molar-refractivity contribution >= 4 is 11.8 Å². The Balaban J connectivity index is 1.51. The van der Waals surface area contributed by atoms with Crippen LogP contribution in [0.2, 0.25) is 0 Å². The van der Waals surface area contributed by atoms with Crippen LogP contribution in [0.5, 0.6) is 0 Å². The van der Waals surface area contributed by atoms with E-state index in [9.17, 15) is 9.59 Å². The van der Waals surface area contributed by atoms with Crippen LogP contribution < -0.4 is 5.32 Å². The van der Waals surface area contributed by atoms with E-state index in [-0.39, 0.29) is 16.7 Å². The van der Waals surface area contributed by atoms with Gasteiger partial charge in [0.2, 0.25) is 11.8 Å². The lowest BCUT2D eigenvalue weighted by Gasteiger charge is -2.61. The third-order valence-corrected chi connectivity index (χ3v) is 7.30. The molecule has 5 aliphatic rings. The largest absolute Gasteiger partial charge is 0.378 e.